The van der Waals surface area contributed by atoms with Gasteiger partial charge in [0.15, 0.2) is 0 Å². The average molecular weight is 186 g/mol. The first-order chi connectivity index (χ1) is 6.69. The van der Waals surface area contributed by atoms with Crippen LogP contribution in [0.2, 0.25) is 0 Å². The van der Waals surface area contributed by atoms with Gasteiger partial charge in [-0.25, -0.2) is 0 Å². The van der Waals surface area contributed by atoms with Crippen molar-refractivity contribution >= 4 is 5.78 Å². The first-order valence-electron chi connectivity index (χ1n) is 5.30. The van der Waals surface area contributed by atoms with Gasteiger partial charge in [0.2, 0.25) is 0 Å². The summed E-state index contributed by atoms with van der Waals surface area (Å²) in [5.41, 5.74) is 3.01. The fraction of sp³-hybridized carbons (Fsp3) is 0.462. The van der Waals surface area contributed by atoms with E-state index < -0.39 is 0 Å². The van der Waals surface area contributed by atoms with E-state index in [0.29, 0.717) is 11.7 Å². The van der Waals surface area contributed by atoms with Gasteiger partial charge in [-0.3, -0.25) is 4.79 Å². The van der Waals surface area contributed by atoms with Crippen LogP contribution in [0.1, 0.15) is 43.2 Å². The molecule has 1 fully saturated rings. The topological polar surface area (TPSA) is 17.1 Å². The molecule has 1 unspecified atom stereocenters. The number of benzene rings is 1. The Labute approximate surface area is 84.1 Å². The summed E-state index contributed by atoms with van der Waals surface area (Å²) in [6.07, 6.45) is 2.70. The summed E-state index contributed by atoms with van der Waals surface area (Å²) in [5.74, 6) is 0.956. The number of fused-ring (bicyclic) bond motifs is 5. The first kappa shape index (κ1) is 8.22. The van der Waals surface area contributed by atoms with Crippen LogP contribution in [0.25, 0.3) is 0 Å². The molecule has 0 spiro atoms. The third-order valence-electron chi connectivity index (χ3n) is 3.81. The number of hydrogen-bond acceptors (Lipinski definition) is 1. The standard InChI is InChI=1S/C13H14O/c1-13-7-9(6-10(14)8-13)11-4-2-3-5-12(11)13/h2-5,9H,6-8H2,1H3/t9-,13?/m1/s1. The average Bonchev–Trinajstić information content (AvgIpc) is 2.36. The van der Waals surface area contributed by atoms with Crippen LogP contribution < -0.4 is 0 Å². The van der Waals surface area contributed by atoms with Crippen molar-refractivity contribution in [2.45, 2.75) is 37.5 Å². The zero-order valence-corrected chi connectivity index (χ0v) is 8.42. The molecule has 0 N–H and O–H groups in total. The van der Waals surface area contributed by atoms with E-state index in [0.717, 1.165) is 12.8 Å². The summed E-state index contributed by atoms with van der Waals surface area (Å²) in [4.78, 5) is 11.6. The van der Waals surface area contributed by atoms with E-state index in [9.17, 15) is 4.79 Å². The van der Waals surface area contributed by atoms with Crippen molar-refractivity contribution in [2.75, 3.05) is 0 Å². The highest BCUT2D eigenvalue weighted by atomic mass is 16.1. The van der Waals surface area contributed by atoms with E-state index >= 15 is 0 Å². The third kappa shape index (κ3) is 0.927. The summed E-state index contributed by atoms with van der Waals surface area (Å²) in [6, 6.07) is 8.58. The van der Waals surface area contributed by atoms with Gasteiger partial charge in [-0.15, -0.1) is 0 Å². The molecule has 1 heteroatoms. The van der Waals surface area contributed by atoms with Crippen LogP contribution in [0, 0.1) is 0 Å². The Kier molecular flexibility index (Phi) is 1.45. The van der Waals surface area contributed by atoms with Crippen molar-refractivity contribution in [2.24, 2.45) is 0 Å². The van der Waals surface area contributed by atoms with Gasteiger partial charge in [0.1, 0.15) is 5.78 Å². The van der Waals surface area contributed by atoms with Crippen LogP contribution >= 0.6 is 0 Å². The summed E-state index contributed by atoms with van der Waals surface area (Å²) in [5, 5.41) is 0. The lowest BCUT2D eigenvalue weighted by molar-refractivity contribution is -0.121. The van der Waals surface area contributed by atoms with Gasteiger partial charge in [0.05, 0.1) is 0 Å². The Balaban J connectivity index is 2.21. The molecule has 2 atom stereocenters. The zero-order valence-electron chi connectivity index (χ0n) is 8.42. The Bertz CT molecular complexity index is 407. The van der Waals surface area contributed by atoms with Crippen molar-refractivity contribution in [3.63, 3.8) is 0 Å². The molecule has 1 aromatic rings. The molecule has 0 saturated heterocycles. The SMILES string of the molecule is CC12CC(=O)C[C@H](C1)c1ccccc12. The summed E-state index contributed by atoms with van der Waals surface area (Å²) in [7, 11) is 0. The molecule has 3 rings (SSSR count). The first-order valence-corrected chi connectivity index (χ1v) is 5.30. The molecule has 0 amide bonds. The highest BCUT2D eigenvalue weighted by Gasteiger charge is 2.45. The van der Waals surface area contributed by atoms with Crippen molar-refractivity contribution < 1.29 is 4.79 Å². The second kappa shape index (κ2) is 2.47. The molecule has 0 aliphatic heterocycles. The highest BCUT2D eigenvalue weighted by Crippen LogP contribution is 2.52. The lowest BCUT2D eigenvalue weighted by atomic mass is 9.74. The van der Waals surface area contributed by atoms with E-state index in [4.69, 9.17) is 0 Å². The Morgan fingerprint density at radius 2 is 2.14 bits per heavy atom. The Hall–Kier alpha value is -1.11. The van der Waals surface area contributed by atoms with Gasteiger partial charge in [-0.05, 0) is 23.5 Å². The van der Waals surface area contributed by atoms with E-state index in [-0.39, 0.29) is 5.41 Å². The molecule has 1 aromatic carbocycles. The van der Waals surface area contributed by atoms with Gasteiger partial charge in [0, 0.05) is 18.3 Å². The minimum Gasteiger partial charge on any atom is -0.300 e. The van der Waals surface area contributed by atoms with Crippen LogP contribution in [0.5, 0.6) is 0 Å². The Morgan fingerprint density at radius 3 is 3.00 bits per heavy atom. The van der Waals surface area contributed by atoms with E-state index in [1.807, 2.05) is 0 Å². The largest absolute Gasteiger partial charge is 0.300 e. The molecule has 2 aliphatic rings. The zero-order chi connectivity index (χ0) is 9.76. The maximum absolute atomic E-state index is 11.6. The lowest BCUT2D eigenvalue weighted by Gasteiger charge is -2.28. The quantitative estimate of drug-likeness (QED) is 0.609. The second-order valence-corrected chi connectivity index (χ2v) is 4.97. The van der Waals surface area contributed by atoms with Gasteiger partial charge >= 0.3 is 0 Å². The number of rotatable bonds is 0. The van der Waals surface area contributed by atoms with E-state index in [2.05, 4.69) is 31.2 Å². The molecule has 0 radical (unpaired) electrons. The molecule has 2 aliphatic carbocycles. The van der Waals surface area contributed by atoms with Gasteiger partial charge in [-0.1, -0.05) is 31.2 Å². The molecule has 0 aromatic heterocycles. The fourth-order valence-corrected chi connectivity index (χ4v) is 3.30. The summed E-state index contributed by atoms with van der Waals surface area (Å²) >= 11 is 0. The van der Waals surface area contributed by atoms with Crippen molar-refractivity contribution in [3.05, 3.63) is 35.4 Å². The molecule has 1 saturated carbocycles. The third-order valence-corrected chi connectivity index (χ3v) is 3.81. The minimum absolute atomic E-state index is 0.149. The van der Waals surface area contributed by atoms with E-state index in [1.165, 1.54) is 17.5 Å². The number of hydrogen-bond donors (Lipinski definition) is 0. The van der Waals surface area contributed by atoms with Crippen LogP contribution in [0.3, 0.4) is 0 Å². The second-order valence-electron chi connectivity index (χ2n) is 4.97. The predicted octanol–water partition coefficient (Wildman–Crippen LogP) is 2.79. The summed E-state index contributed by atoms with van der Waals surface area (Å²) in [6.45, 7) is 2.24. The van der Waals surface area contributed by atoms with Crippen molar-refractivity contribution in [3.8, 4) is 0 Å². The van der Waals surface area contributed by atoms with Gasteiger partial charge in [0.25, 0.3) is 0 Å². The van der Waals surface area contributed by atoms with E-state index in [1.54, 1.807) is 0 Å². The molecule has 14 heavy (non-hydrogen) atoms. The Morgan fingerprint density at radius 1 is 1.36 bits per heavy atom. The maximum Gasteiger partial charge on any atom is 0.134 e. The predicted molar refractivity (Wildman–Crippen MR) is 55.4 cm³/mol. The number of ketones is 1. The van der Waals surface area contributed by atoms with Crippen LogP contribution in [0.4, 0.5) is 0 Å². The molecular weight excluding hydrogens is 172 g/mol. The molecule has 0 heterocycles. The number of carbonyl (C=O) groups excluding carboxylic acids is 1. The number of carbonyl (C=O) groups is 1. The van der Waals surface area contributed by atoms with Gasteiger partial charge < -0.3 is 0 Å². The van der Waals surface area contributed by atoms with Crippen molar-refractivity contribution in [1.82, 2.24) is 0 Å². The molecule has 1 nitrogen and oxygen atoms in total. The summed E-state index contributed by atoms with van der Waals surface area (Å²) < 4.78 is 0. The molecule has 72 valence electrons. The smallest absolute Gasteiger partial charge is 0.134 e. The minimum atomic E-state index is 0.149. The normalized spacial score (nSPS) is 34.4. The van der Waals surface area contributed by atoms with Crippen LogP contribution in [0.15, 0.2) is 24.3 Å². The molecular formula is C13H14O. The molecule has 2 bridgehead atoms. The fourth-order valence-electron chi connectivity index (χ4n) is 3.30. The highest BCUT2D eigenvalue weighted by molar-refractivity contribution is 5.83. The maximum atomic E-state index is 11.6. The lowest BCUT2D eigenvalue weighted by Crippen LogP contribution is -2.27. The van der Waals surface area contributed by atoms with Gasteiger partial charge in [-0.2, -0.15) is 0 Å². The van der Waals surface area contributed by atoms with Crippen LogP contribution in [-0.2, 0) is 10.2 Å². The monoisotopic (exact) mass is 186 g/mol. The van der Waals surface area contributed by atoms with Crippen LogP contribution in [-0.4, -0.2) is 5.78 Å². The number of Topliss-reactive ketones (excluding diaryl/α,β-unsaturated/α-hetero) is 1. The van der Waals surface area contributed by atoms with Crippen molar-refractivity contribution in [1.29, 1.82) is 0 Å².